The molecule has 2 saturated heterocycles. The largest absolute Gasteiger partial charge is 0.472 e. The molecule has 0 radical (unpaired) electrons. The van der Waals surface area contributed by atoms with Gasteiger partial charge in [0.1, 0.15) is 24.9 Å². The number of esters is 5. The molecule has 39 heavy (non-hydrogen) atoms. The summed E-state index contributed by atoms with van der Waals surface area (Å²) in [6.07, 6.45) is -7.44. The van der Waals surface area contributed by atoms with E-state index in [1.165, 1.54) is 20.1 Å². The normalized spacial score (nSPS) is 38.1. The summed E-state index contributed by atoms with van der Waals surface area (Å²) in [6.45, 7) is 7.33. The van der Waals surface area contributed by atoms with Crippen LogP contribution in [0.15, 0.2) is 11.8 Å². The van der Waals surface area contributed by atoms with Crippen LogP contribution >= 0.6 is 0 Å². The van der Waals surface area contributed by atoms with Crippen molar-refractivity contribution in [1.82, 2.24) is 0 Å². The van der Waals surface area contributed by atoms with E-state index in [-0.39, 0.29) is 18.1 Å². The maximum absolute atomic E-state index is 12.1. The average molecular weight is 557 g/mol. The second-order valence-corrected chi connectivity index (χ2v) is 9.81. The lowest BCUT2D eigenvalue weighted by Crippen LogP contribution is -2.63. The van der Waals surface area contributed by atoms with Gasteiger partial charge in [0.05, 0.1) is 18.3 Å². The van der Waals surface area contributed by atoms with Gasteiger partial charge in [0.2, 0.25) is 12.6 Å². The fraction of sp³-hybridized carbons (Fsp3) is 0.720. The third-order valence-electron chi connectivity index (χ3n) is 6.78. The van der Waals surface area contributed by atoms with Gasteiger partial charge in [-0.3, -0.25) is 24.0 Å². The lowest BCUT2D eigenvalue weighted by atomic mass is 9.85. The van der Waals surface area contributed by atoms with Crippen molar-refractivity contribution in [1.29, 1.82) is 0 Å². The number of hydrogen-bond donors (Lipinski definition) is 0. The quantitative estimate of drug-likeness (QED) is 0.227. The molecule has 4 aliphatic rings. The molecule has 0 spiro atoms. The molecule has 14 nitrogen and oxygen atoms in total. The predicted molar refractivity (Wildman–Crippen MR) is 123 cm³/mol. The standard InChI is InChI=1S/C25H32O14/c1-9-7-32-24(17-16(9)19(34-12(4)28)22-20(17)38-22)39-25-23(36-14(6)30)21(35-13(5)29)18(33-11(3)27)15(37-25)8-31-10(2)26/h7,15-25H,8H2,1-6H3/t15-,16-,17+,18-,19+,20-,21+,22+,23-,24+,25+/m1/s1. The Labute approximate surface area is 224 Å². The number of ether oxygens (including phenoxy) is 9. The van der Waals surface area contributed by atoms with Crippen molar-refractivity contribution in [2.45, 2.75) is 96.9 Å². The van der Waals surface area contributed by atoms with E-state index in [1.807, 2.05) is 6.92 Å². The van der Waals surface area contributed by atoms with Crippen LogP contribution < -0.4 is 0 Å². The van der Waals surface area contributed by atoms with Crippen LogP contribution in [0.5, 0.6) is 0 Å². The number of epoxide rings is 1. The molecule has 0 amide bonds. The molecule has 0 aromatic carbocycles. The van der Waals surface area contributed by atoms with Crippen molar-refractivity contribution < 1.29 is 66.6 Å². The van der Waals surface area contributed by atoms with Crippen LogP contribution in [0.1, 0.15) is 41.5 Å². The lowest BCUT2D eigenvalue weighted by molar-refractivity contribution is -0.345. The lowest BCUT2D eigenvalue weighted by Gasteiger charge is -2.46. The van der Waals surface area contributed by atoms with Gasteiger partial charge in [-0.05, 0) is 12.5 Å². The third-order valence-corrected chi connectivity index (χ3v) is 6.78. The molecule has 3 aliphatic heterocycles. The summed E-state index contributed by atoms with van der Waals surface area (Å²) in [4.78, 5) is 59.3. The van der Waals surface area contributed by atoms with Gasteiger partial charge in [0.15, 0.2) is 18.3 Å². The maximum Gasteiger partial charge on any atom is 0.303 e. The Morgan fingerprint density at radius 3 is 1.85 bits per heavy atom. The minimum absolute atomic E-state index is 0.276. The molecule has 0 N–H and O–H groups in total. The number of carbonyl (C=O) groups excluding carboxylic acids is 5. The van der Waals surface area contributed by atoms with E-state index in [0.29, 0.717) is 0 Å². The maximum atomic E-state index is 12.1. The molecule has 3 heterocycles. The van der Waals surface area contributed by atoms with Gasteiger partial charge in [0, 0.05) is 40.5 Å². The van der Waals surface area contributed by atoms with Gasteiger partial charge in [-0.1, -0.05) is 0 Å². The Balaban J connectivity index is 1.64. The molecular weight excluding hydrogens is 524 g/mol. The first-order valence-corrected chi connectivity index (χ1v) is 12.5. The second kappa shape index (κ2) is 11.5. The summed E-state index contributed by atoms with van der Waals surface area (Å²) in [5.74, 6) is -4.04. The van der Waals surface area contributed by atoms with Crippen molar-refractivity contribution in [2.24, 2.45) is 11.8 Å². The van der Waals surface area contributed by atoms with E-state index < -0.39 is 85.5 Å². The summed E-state index contributed by atoms with van der Waals surface area (Å²) in [7, 11) is 0. The van der Waals surface area contributed by atoms with Crippen LogP contribution in [0.4, 0.5) is 0 Å². The molecule has 1 aliphatic carbocycles. The summed E-state index contributed by atoms with van der Waals surface area (Å²) in [6, 6.07) is 0. The van der Waals surface area contributed by atoms with Gasteiger partial charge in [-0.25, -0.2) is 0 Å². The first kappa shape index (κ1) is 28.8. The van der Waals surface area contributed by atoms with Crippen LogP contribution in [-0.4, -0.2) is 91.8 Å². The average Bonchev–Trinajstić information content (AvgIpc) is 3.54. The Bertz CT molecular complexity index is 1040. The molecule has 216 valence electrons. The highest BCUT2D eigenvalue weighted by Crippen LogP contribution is 2.55. The molecule has 0 bridgehead atoms. The monoisotopic (exact) mass is 556 g/mol. The van der Waals surface area contributed by atoms with Gasteiger partial charge in [0.25, 0.3) is 0 Å². The topological polar surface area (TPSA) is 172 Å². The van der Waals surface area contributed by atoms with Crippen LogP contribution in [0.2, 0.25) is 0 Å². The van der Waals surface area contributed by atoms with Crippen LogP contribution in [0, 0.1) is 11.8 Å². The van der Waals surface area contributed by atoms with Crippen LogP contribution in [0.25, 0.3) is 0 Å². The molecule has 0 unspecified atom stereocenters. The number of rotatable bonds is 8. The van der Waals surface area contributed by atoms with Crippen molar-refractivity contribution in [3.63, 3.8) is 0 Å². The van der Waals surface area contributed by atoms with Crippen molar-refractivity contribution in [3.05, 3.63) is 11.8 Å². The minimum atomic E-state index is -1.42. The first-order chi connectivity index (χ1) is 18.4. The minimum Gasteiger partial charge on any atom is -0.472 e. The van der Waals surface area contributed by atoms with E-state index in [4.69, 9.17) is 42.6 Å². The Morgan fingerprint density at radius 2 is 1.26 bits per heavy atom. The molecular formula is C25H32O14. The first-order valence-electron chi connectivity index (χ1n) is 12.5. The van der Waals surface area contributed by atoms with Gasteiger partial charge in [-0.2, -0.15) is 0 Å². The van der Waals surface area contributed by atoms with E-state index in [9.17, 15) is 24.0 Å². The van der Waals surface area contributed by atoms with E-state index in [1.54, 1.807) is 0 Å². The van der Waals surface area contributed by atoms with Gasteiger partial charge >= 0.3 is 29.8 Å². The van der Waals surface area contributed by atoms with Gasteiger partial charge < -0.3 is 42.6 Å². The van der Waals surface area contributed by atoms with E-state index in [2.05, 4.69) is 0 Å². The van der Waals surface area contributed by atoms with Gasteiger partial charge in [-0.15, -0.1) is 0 Å². The van der Waals surface area contributed by atoms with E-state index >= 15 is 0 Å². The Hall–Kier alpha value is -3.23. The molecule has 3 fully saturated rings. The fourth-order valence-corrected chi connectivity index (χ4v) is 5.45. The summed E-state index contributed by atoms with van der Waals surface area (Å²) >= 11 is 0. The van der Waals surface area contributed by atoms with Crippen LogP contribution in [-0.2, 0) is 66.6 Å². The zero-order chi connectivity index (χ0) is 28.6. The van der Waals surface area contributed by atoms with Crippen molar-refractivity contribution >= 4 is 29.8 Å². The third kappa shape index (κ3) is 6.34. The highest BCUT2D eigenvalue weighted by Gasteiger charge is 2.68. The summed E-state index contributed by atoms with van der Waals surface area (Å²) in [5.41, 5.74) is 0.823. The summed E-state index contributed by atoms with van der Waals surface area (Å²) < 4.78 is 50.7. The molecule has 14 heteroatoms. The highest BCUT2D eigenvalue weighted by atomic mass is 16.8. The van der Waals surface area contributed by atoms with Crippen molar-refractivity contribution in [3.8, 4) is 0 Å². The molecule has 0 aromatic heterocycles. The molecule has 4 rings (SSSR count). The second-order valence-electron chi connectivity index (χ2n) is 9.81. The van der Waals surface area contributed by atoms with Crippen molar-refractivity contribution in [2.75, 3.05) is 6.61 Å². The molecule has 1 saturated carbocycles. The highest BCUT2D eigenvalue weighted by molar-refractivity contribution is 5.69. The summed E-state index contributed by atoms with van der Waals surface area (Å²) in [5, 5.41) is 0. The Kier molecular flexibility index (Phi) is 8.47. The molecule has 0 aromatic rings. The Morgan fingerprint density at radius 1 is 0.692 bits per heavy atom. The SMILES string of the molecule is CC(=O)OC[C@H]1O[C@@H](O[C@@H]2OC=C(C)[C@H]3[C@H](OC(C)=O)[C@@H]4O[C@@H]4[C@@H]23)[C@H](OC(C)=O)[C@@H](OC(C)=O)[C@@H]1OC(C)=O. The smallest absolute Gasteiger partial charge is 0.303 e. The van der Waals surface area contributed by atoms with E-state index in [0.717, 1.165) is 26.3 Å². The predicted octanol–water partition coefficient (Wildman–Crippen LogP) is 0.291. The number of fused-ring (bicyclic) bond motifs is 3. The number of hydrogen-bond acceptors (Lipinski definition) is 14. The zero-order valence-electron chi connectivity index (χ0n) is 22.4. The number of carbonyl (C=O) groups is 5. The van der Waals surface area contributed by atoms with Crippen LogP contribution in [0.3, 0.4) is 0 Å². The fourth-order valence-electron chi connectivity index (χ4n) is 5.45. The zero-order valence-corrected chi connectivity index (χ0v) is 22.4. The molecule has 11 atom stereocenters.